The van der Waals surface area contributed by atoms with E-state index in [-0.39, 0.29) is 40.6 Å². The van der Waals surface area contributed by atoms with Gasteiger partial charge in [-0.1, -0.05) is 26.0 Å². The van der Waals surface area contributed by atoms with Crippen LogP contribution in [0.5, 0.6) is 0 Å². The maximum atomic E-state index is 13.1. The van der Waals surface area contributed by atoms with Gasteiger partial charge in [-0.15, -0.1) is 0 Å². The van der Waals surface area contributed by atoms with E-state index in [1.807, 2.05) is 19.9 Å². The van der Waals surface area contributed by atoms with Crippen molar-refractivity contribution in [2.45, 2.75) is 38.8 Å². The first-order valence-corrected chi connectivity index (χ1v) is 9.70. The molecule has 0 saturated carbocycles. The van der Waals surface area contributed by atoms with Crippen LogP contribution < -0.4 is 0 Å². The molecule has 0 radical (unpaired) electrons. The van der Waals surface area contributed by atoms with Crippen LogP contribution in [0.25, 0.3) is 11.3 Å². The molecule has 31 heavy (non-hydrogen) atoms. The fourth-order valence-corrected chi connectivity index (χ4v) is 4.19. The number of rotatable bonds is 2. The maximum Gasteiger partial charge on any atom is 0.416 e. The van der Waals surface area contributed by atoms with Gasteiger partial charge in [0, 0.05) is 24.0 Å². The number of furan rings is 1. The summed E-state index contributed by atoms with van der Waals surface area (Å²) >= 11 is 0. The van der Waals surface area contributed by atoms with Gasteiger partial charge in [0.05, 0.1) is 17.6 Å². The van der Waals surface area contributed by atoms with E-state index in [9.17, 15) is 23.2 Å². The van der Waals surface area contributed by atoms with E-state index in [1.54, 1.807) is 6.07 Å². The van der Waals surface area contributed by atoms with Crippen LogP contribution in [0.1, 0.15) is 43.9 Å². The number of carbonyl (C=O) groups excluding carboxylic acids is 1. The standard InChI is InChI=1S/C23H19F3N2O3/c1-22(2)9-15(29)20-18(10-22)31-21(28)14(11-27)19(20)17-7-6-16(30-17)12-4-3-5-13(8-12)23(24,25)26/h3-8,14,19,28H,9-10H2,1-2H3. The highest BCUT2D eigenvalue weighted by Gasteiger charge is 2.47. The van der Waals surface area contributed by atoms with Crippen molar-refractivity contribution >= 4 is 11.7 Å². The summed E-state index contributed by atoms with van der Waals surface area (Å²) in [6.07, 6.45) is -3.79. The second kappa shape index (κ2) is 7.12. The lowest BCUT2D eigenvalue weighted by Gasteiger charge is -2.38. The Hall–Kier alpha value is -3.34. The molecule has 8 heteroatoms. The van der Waals surface area contributed by atoms with Crippen LogP contribution in [-0.2, 0) is 15.7 Å². The van der Waals surface area contributed by atoms with Crippen molar-refractivity contribution in [1.29, 1.82) is 10.7 Å². The second-order valence-electron chi connectivity index (χ2n) is 8.61. The lowest BCUT2D eigenvalue weighted by Crippen LogP contribution is -2.38. The molecule has 2 heterocycles. The first-order chi connectivity index (χ1) is 14.5. The highest BCUT2D eigenvalue weighted by molar-refractivity contribution is 6.01. The molecule has 2 aromatic rings. The third-order valence-electron chi connectivity index (χ3n) is 5.59. The van der Waals surface area contributed by atoms with Gasteiger partial charge in [-0.3, -0.25) is 10.2 Å². The summed E-state index contributed by atoms with van der Waals surface area (Å²) in [7, 11) is 0. The molecule has 0 fully saturated rings. The number of benzene rings is 1. The molecule has 2 unspecified atom stereocenters. The van der Waals surface area contributed by atoms with E-state index in [4.69, 9.17) is 14.6 Å². The van der Waals surface area contributed by atoms with Gasteiger partial charge in [0.1, 0.15) is 23.2 Å². The largest absolute Gasteiger partial charge is 0.460 e. The molecule has 0 spiro atoms. The Kier molecular flexibility index (Phi) is 4.80. The fourth-order valence-electron chi connectivity index (χ4n) is 4.19. The topological polar surface area (TPSA) is 87.1 Å². The molecular formula is C23H19F3N2O3. The van der Waals surface area contributed by atoms with Crippen LogP contribution in [0.15, 0.2) is 52.1 Å². The zero-order valence-electron chi connectivity index (χ0n) is 16.8. The van der Waals surface area contributed by atoms with Gasteiger partial charge < -0.3 is 9.15 Å². The molecule has 1 aromatic heterocycles. The van der Waals surface area contributed by atoms with Crippen molar-refractivity contribution < 1.29 is 27.1 Å². The third-order valence-corrected chi connectivity index (χ3v) is 5.59. The van der Waals surface area contributed by atoms with E-state index >= 15 is 0 Å². The molecule has 0 bridgehead atoms. The summed E-state index contributed by atoms with van der Waals surface area (Å²) in [4.78, 5) is 12.9. The molecule has 1 N–H and O–H groups in total. The Morgan fingerprint density at radius 3 is 2.61 bits per heavy atom. The Labute approximate surface area is 176 Å². The van der Waals surface area contributed by atoms with Crippen LogP contribution in [-0.4, -0.2) is 11.7 Å². The van der Waals surface area contributed by atoms with Crippen LogP contribution in [0.4, 0.5) is 13.2 Å². The van der Waals surface area contributed by atoms with Crippen molar-refractivity contribution in [1.82, 2.24) is 0 Å². The number of hydrogen-bond acceptors (Lipinski definition) is 5. The summed E-state index contributed by atoms with van der Waals surface area (Å²) in [6.45, 7) is 3.84. The summed E-state index contributed by atoms with van der Waals surface area (Å²) in [5, 5.41) is 17.8. The molecular weight excluding hydrogens is 409 g/mol. The number of halogens is 3. The number of nitrogens with zero attached hydrogens (tertiary/aromatic N) is 1. The van der Waals surface area contributed by atoms with Gasteiger partial charge >= 0.3 is 6.18 Å². The summed E-state index contributed by atoms with van der Waals surface area (Å²) in [5.74, 6) is -1.57. The summed E-state index contributed by atoms with van der Waals surface area (Å²) in [6, 6.07) is 9.79. The number of nitriles is 1. The molecule has 1 aliphatic heterocycles. The number of ketones is 1. The van der Waals surface area contributed by atoms with Crippen LogP contribution in [0.2, 0.25) is 0 Å². The van der Waals surface area contributed by atoms with Gasteiger partial charge in [0.25, 0.3) is 0 Å². The van der Waals surface area contributed by atoms with Crippen molar-refractivity contribution in [2.75, 3.05) is 0 Å². The first kappa shape index (κ1) is 20.9. The van der Waals surface area contributed by atoms with Crippen LogP contribution in [0.3, 0.4) is 0 Å². The highest BCUT2D eigenvalue weighted by Crippen LogP contribution is 2.48. The van der Waals surface area contributed by atoms with Crippen molar-refractivity contribution in [3.8, 4) is 17.4 Å². The molecule has 5 nitrogen and oxygen atoms in total. The van der Waals surface area contributed by atoms with E-state index < -0.39 is 23.6 Å². The molecule has 1 aliphatic carbocycles. The normalized spacial score (nSPS) is 23.2. The zero-order valence-corrected chi connectivity index (χ0v) is 16.8. The Morgan fingerprint density at radius 1 is 1.19 bits per heavy atom. The number of nitrogens with one attached hydrogen (secondary N) is 1. The van der Waals surface area contributed by atoms with E-state index in [0.717, 1.165) is 12.1 Å². The lowest BCUT2D eigenvalue weighted by molar-refractivity contribution is -0.137. The number of Topliss-reactive ketones (excluding diaryl/α,β-unsaturated/α-hetero) is 1. The van der Waals surface area contributed by atoms with Gasteiger partial charge in [-0.25, -0.2) is 0 Å². The zero-order chi connectivity index (χ0) is 22.6. The molecule has 0 amide bonds. The average Bonchev–Trinajstić information content (AvgIpc) is 3.15. The van der Waals surface area contributed by atoms with Gasteiger partial charge in [0.2, 0.25) is 5.90 Å². The Balaban J connectivity index is 1.78. The van der Waals surface area contributed by atoms with E-state index in [2.05, 4.69) is 0 Å². The predicted octanol–water partition coefficient (Wildman–Crippen LogP) is 5.84. The SMILES string of the molecule is CC1(C)CC(=O)C2=C(C1)OC(=N)C(C#N)C2c1ccc(-c2cccc(C(F)(F)F)c2)o1. The van der Waals surface area contributed by atoms with Gasteiger partial charge in [-0.2, -0.15) is 18.4 Å². The van der Waals surface area contributed by atoms with Crippen molar-refractivity contribution in [3.05, 3.63) is 59.1 Å². The molecule has 0 saturated heterocycles. The predicted molar refractivity (Wildman–Crippen MR) is 105 cm³/mol. The van der Waals surface area contributed by atoms with Gasteiger partial charge in [-0.05, 0) is 29.7 Å². The Bertz CT molecular complexity index is 1150. The first-order valence-electron chi connectivity index (χ1n) is 9.70. The van der Waals surface area contributed by atoms with Crippen LogP contribution >= 0.6 is 0 Å². The van der Waals surface area contributed by atoms with Crippen LogP contribution in [0, 0.1) is 28.1 Å². The third kappa shape index (κ3) is 3.76. The lowest BCUT2D eigenvalue weighted by atomic mass is 9.69. The Morgan fingerprint density at radius 2 is 1.94 bits per heavy atom. The number of ether oxygens (including phenoxy) is 1. The monoisotopic (exact) mass is 428 g/mol. The molecule has 4 rings (SSSR count). The highest BCUT2D eigenvalue weighted by atomic mass is 19.4. The average molecular weight is 428 g/mol. The molecule has 1 aromatic carbocycles. The van der Waals surface area contributed by atoms with E-state index in [0.29, 0.717) is 17.8 Å². The number of hydrogen-bond donors (Lipinski definition) is 1. The number of carbonyl (C=O) groups is 1. The van der Waals surface area contributed by atoms with Gasteiger partial charge in [0.15, 0.2) is 5.78 Å². The van der Waals surface area contributed by atoms with E-state index in [1.165, 1.54) is 18.2 Å². The molecule has 160 valence electrons. The smallest absolute Gasteiger partial charge is 0.416 e. The quantitative estimate of drug-likeness (QED) is 0.651. The summed E-state index contributed by atoms with van der Waals surface area (Å²) in [5.41, 5.74) is -0.610. The summed E-state index contributed by atoms with van der Waals surface area (Å²) < 4.78 is 50.6. The number of allylic oxidation sites excluding steroid dienone is 2. The fraction of sp³-hybridized carbons (Fsp3) is 0.348. The molecule has 2 aliphatic rings. The minimum Gasteiger partial charge on any atom is -0.460 e. The minimum absolute atomic E-state index is 0.180. The van der Waals surface area contributed by atoms with Crippen molar-refractivity contribution in [3.63, 3.8) is 0 Å². The molecule has 2 atom stereocenters. The maximum absolute atomic E-state index is 13.1. The van der Waals surface area contributed by atoms with Crippen molar-refractivity contribution in [2.24, 2.45) is 11.3 Å². The second-order valence-corrected chi connectivity index (χ2v) is 8.61. The number of alkyl halides is 3. The minimum atomic E-state index is -4.49.